The molecule has 1 aromatic carbocycles. The van der Waals surface area contributed by atoms with Gasteiger partial charge in [-0.1, -0.05) is 0 Å². The first-order chi connectivity index (χ1) is 9.38. The second kappa shape index (κ2) is 4.96. The van der Waals surface area contributed by atoms with Crippen LogP contribution < -0.4 is 11.1 Å². The molecular weight excluding hydrogens is 268 g/mol. The number of nitrogen functional groups attached to an aromatic ring is 1. The minimum atomic E-state index is -0.708. The Hall–Kier alpha value is -2.97. The van der Waals surface area contributed by atoms with Gasteiger partial charge in [0.05, 0.1) is 4.92 Å². The zero-order valence-corrected chi connectivity index (χ0v) is 10.2. The summed E-state index contributed by atoms with van der Waals surface area (Å²) >= 11 is 0. The Morgan fingerprint density at radius 3 is 2.45 bits per heavy atom. The van der Waals surface area contributed by atoms with Crippen LogP contribution in [-0.4, -0.2) is 40.6 Å². The highest BCUT2D eigenvalue weighted by atomic mass is 16.6. The predicted molar refractivity (Wildman–Crippen MR) is 66.6 cm³/mol. The number of carbonyl (C=O) groups is 3. The number of amides is 3. The quantitative estimate of drug-likeness (QED) is 0.317. The summed E-state index contributed by atoms with van der Waals surface area (Å²) in [6.07, 6.45) is 0. The Kier molecular flexibility index (Phi) is 3.34. The number of hydrogen-bond acceptors (Lipinski definition) is 6. The van der Waals surface area contributed by atoms with Crippen molar-refractivity contribution in [3.05, 3.63) is 33.9 Å². The number of anilines is 1. The number of benzene rings is 1. The standard InChI is InChI=1S/C11H10N4O5/c12-7-2-1-6(3-8(7)15(19)20)11(18)14-4-9(16)13-10(17)5-14/h1-3H,4-5,12H2,(H,13,16,17). The van der Waals surface area contributed by atoms with E-state index in [1.807, 2.05) is 0 Å². The number of imide groups is 1. The van der Waals surface area contributed by atoms with Crippen molar-refractivity contribution in [1.29, 1.82) is 0 Å². The Labute approximate surface area is 112 Å². The monoisotopic (exact) mass is 278 g/mol. The Bertz CT molecular complexity index is 611. The highest BCUT2D eigenvalue weighted by molar-refractivity contribution is 6.06. The summed E-state index contributed by atoms with van der Waals surface area (Å²) in [5, 5.41) is 12.8. The van der Waals surface area contributed by atoms with E-state index in [0.717, 1.165) is 11.0 Å². The summed E-state index contributed by atoms with van der Waals surface area (Å²) in [5.41, 5.74) is 4.95. The van der Waals surface area contributed by atoms with E-state index >= 15 is 0 Å². The van der Waals surface area contributed by atoms with Gasteiger partial charge in [0.25, 0.3) is 11.6 Å². The van der Waals surface area contributed by atoms with Crippen LogP contribution in [0.15, 0.2) is 18.2 Å². The molecule has 104 valence electrons. The maximum absolute atomic E-state index is 12.1. The second-order valence-electron chi connectivity index (χ2n) is 4.16. The number of nitro groups is 1. The maximum atomic E-state index is 12.1. The fraction of sp³-hybridized carbons (Fsp3) is 0.182. The summed E-state index contributed by atoms with van der Waals surface area (Å²) in [7, 11) is 0. The van der Waals surface area contributed by atoms with Gasteiger partial charge in [0.15, 0.2) is 0 Å². The highest BCUT2D eigenvalue weighted by Crippen LogP contribution is 2.23. The molecule has 1 fully saturated rings. The van der Waals surface area contributed by atoms with Crippen molar-refractivity contribution < 1.29 is 19.3 Å². The number of nitro benzene ring substituents is 1. The minimum absolute atomic E-state index is 0.00611. The van der Waals surface area contributed by atoms with Crippen LogP contribution in [-0.2, 0) is 9.59 Å². The summed E-state index contributed by atoms with van der Waals surface area (Å²) in [6, 6.07) is 3.56. The van der Waals surface area contributed by atoms with Crippen molar-refractivity contribution in [3.63, 3.8) is 0 Å². The topological polar surface area (TPSA) is 136 Å². The Morgan fingerprint density at radius 2 is 1.90 bits per heavy atom. The molecule has 3 N–H and O–H groups in total. The predicted octanol–water partition coefficient (Wildman–Crippen LogP) is -0.724. The molecule has 1 saturated heterocycles. The molecule has 0 saturated carbocycles. The fourth-order valence-corrected chi connectivity index (χ4v) is 1.80. The molecule has 1 aromatic rings. The van der Waals surface area contributed by atoms with Gasteiger partial charge in [-0.2, -0.15) is 0 Å². The molecule has 1 aliphatic rings. The third-order valence-electron chi connectivity index (χ3n) is 2.71. The van der Waals surface area contributed by atoms with Gasteiger partial charge in [-0.05, 0) is 12.1 Å². The van der Waals surface area contributed by atoms with Crippen LogP contribution in [0.3, 0.4) is 0 Å². The third kappa shape index (κ3) is 2.55. The van der Waals surface area contributed by atoms with E-state index in [2.05, 4.69) is 5.32 Å². The molecule has 3 amide bonds. The zero-order valence-electron chi connectivity index (χ0n) is 10.2. The van der Waals surface area contributed by atoms with Crippen molar-refractivity contribution >= 4 is 29.1 Å². The normalized spacial score (nSPS) is 14.9. The molecule has 0 spiro atoms. The summed E-state index contributed by atoms with van der Waals surface area (Å²) < 4.78 is 0. The van der Waals surface area contributed by atoms with E-state index in [1.165, 1.54) is 12.1 Å². The van der Waals surface area contributed by atoms with Crippen molar-refractivity contribution in [2.75, 3.05) is 18.8 Å². The van der Waals surface area contributed by atoms with Crippen molar-refractivity contribution in [2.24, 2.45) is 0 Å². The number of hydrogen-bond donors (Lipinski definition) is 2. The molecule has 1 aliphatic heterocycles. The molecule has 9 nitrogen and oxygen atoms in total. The SMILES string of the molecule is Nc1ccc(C(=O)N2CC(=O)NC(=O)C2)cc1[N+](=O)[O-]. The van der Waals surface area contributed by atoms with E-state index < -0.39 is 28.3 Å². The Morgan fingerprint density at radius 1 is 1.30 bits per heavy atom. The number of nitrogens with two attached hydrogens (primary N) is 1. The molecule has 1 heterocycles. The van der Waals surface area contributed by atoms with Crippen LogP contribution in [0, 0.1) is 10.1 Å². The largest absolute Gasteiger partial charge is 0.393 e. The number of piperazine rings is 1. The van der Waals surface area contributed by atoms with E-state index in [0.29, 0.717) is 0 Å². The molecule has 0 atom stereocenters. The average molecular weight is 278 g/mol. The number of carbonyl (C=O) groups excluding carboxylic acids is 3. The van der Waals surface area contributed by atoms with Crippen molar-refractivity contribution in [2.45, 2.75) is 0 Å². The molecule has 0 aliphatic carbocycles. The first-order valence-corrected chi connectivity index (χ1v) is 5.54. The number of rotatable bonds is 2. The molecule has 0 aromatic heterocycles. The summed E-state index contributed by atoms with van der Waals surface area (Å²) in [5.74, 6) is -1.84. The summed E-state index contributed by atoms with van der Waals surface area (Å²) in [6.45, 7) is -0.550. The molecule has 2 rings (SSSR count). The van der Waals surface area contributed by atoms with Gasteiger partial charge in [-0.25, -0.2) is 0 Å². The van der Waals surface area contributed by atoms with Crippen molar-refractivity contribution in [1.82, 2.24) is 10.2 Å². The molecule has 20 heavy (non-hydrogen) atoms. The first-order valence-electron chi connectivity index (χ1n) is 5.54. The van der Waals surface area contributed by atoms with Crippen LogP contribution in [0.2, 0.25) is 0 Å². The second-order valence-corrected chi connectivity index (χ2v) is 4.16. The molecular formula is C11H10N4O5. The van der Waals surface area contributed by atoms with Gasteiger partial charge in [0.1, 0.15) is 18.8 Å². The Balaban J connectivity index is 2.29. The van der Waals surface area contributed by atoms with E-state index in [9.17, 15) is 24.5 Å². The van der Waals surface area contributed by atoms with Crippen molar-refractivity contribution in [3.8, 4) is 0 Å². The first kappa shape index (κ1) is 13.5. The van der Waals surface area contributed by atoms with Crippen LogP contribution in [0.4, 0.5) is 11.4 Å². The lowest BCUT2D eigenvalue weighted by molar-refractivity contribution is -0.383. The molecule has 9 heteroatoms. The van der Waals surface area contributed by atoms with Gasteiger partial charge in [0.2, 0.25) is 11.8 Å². The van der Waals surface area contributed by atoms with Crippen LogP contribution in [0.5, 0.6) is 0 Å². The van der Waals surface area contributed by atoms with E-state index in [4.69, 9.17) is 5.73 Å². The van der Waals surface area contributed by atoms with E-state index in [1.54, 1.807) is 0 Å². The van der Waals surface area contributed by atoms with Crippen LogP contribution >= 0.6 is 0 Å². The fourth-order valence-electron chi connectivity index (χ4n) is 1.80. The number of nitrogens with one attached hydrogen (secondary N) is 1. The lowest BCUT2D eigenvalue weighted by atomic mass is 10.1. The number of nitrogens with zero attached hydrogens (tertiary/aromatic N) is 2. The average Bonchev–Trinajstić information content (AvgIpc) is 2.37. The van der Waals surface area contributed by atoms with Gasteiger partial charge in [-0.15, -0.1) is 0 Å². The third-order valence-corrected chi connectivity index (χ3v) is 2.71. The maximum Gasteiger partial charge on any atom is 0.292 e. The van der Waals surface area contributed by atoms with Gasteiger partial charge in [0, 0.05) is 11.6 Å². The van der Waals surface area contributed by atoms with Crippen LogP contribution in [0.25, 0.3) is 0 Å². The zero-order chi connectivity index (χ0) is 14.9. The van der Waals surface area contributed by atoms with Gasteiger partial charge < -0.3 is 10.6 Å². The van der Waals surface area contributed by atoms with Gasteiger partial charge >= 0.3 is 0 Å². The molecule has 0 unspecified atom stereocenters. The molecule has 0 bridgehead atoms. The highest BCUT2D eigenvalue weighted by Gasteiger charge is 2.28. The lowest BCUT2D eigenvalue weighted by Gasteiger charge is -2.25. The lowest BCUT2D eigenvalue weighted by Crippen LogP contribution is -2.53. The van der Waals surface area contributed by atoms with Gasteiger partial charge in [-0.3, -0.25) is 29.8 Å². The minimum Gasteiger partial charge on any atom is -0.393 e. The van der Waals surface area contributed by atoms with Crippen LogP contribution in [0.1, 0.15) is 10.4 Å². The van der Waals surface area contributed by atoms with E-state index in [-0.39, 0.29) is 24.3 Å². The summed E-state index contributed by atoms with van der Waals surface area (Å²) in [4.78, 5) is 45.6. The smallest absolute Gasteiger partial charge is 0.292 e. The molecule has 0 radical (unpaired) electrons.